The monoisotopic (exact) mass is 436 g/mol. The number of hydrogen-bond acceptors (Lipinski definition) is 5. The molecule has 1 aliphatic rings. The molecule has 0 fully saturated rings. The van der Waals surface area contributed by atoms with Gasteiger partial charge in [0.2, 0.25) is 0 Å². The summed E-state index contributed by atoms with van der Waals surface area (Å²) in [6, 6.07) is 1.62. The molecule has 0 saturated carbocycles. The first kappa shape index (κ1) is 21.8. The molecule has 1 aromatic rings. The van der Waals surface area contributed by atoms with Gasteiger partial charge in [0.25, 0.3) is 0 Å². The van der Waals surface area contributed by atoms with Crippen LogP contribution in [0.4, 0.5) is 10.5 Å². The molecule has 2 amide bonds. The van der Waals surface area contributed by atoms with Crippen molar-refractivity contribution in [2.45, 2.75) is 48.8 Å². The smallest absolute Gasteiger partial charge is 0.319 e. The van der Waals surface area contributed by atoms with Gasteiger partial charge in [-0.15, -0.1) is 0 Å². The first-order valence-corrected chi connectivity index (χ1v) is 10.5. The Bertz CT molecular complexity index is 868. The van der Waals surface area contributed by atoms with E-state index in [4.69, 9.17) is 28.3 Å². The summed E-state index contributed by atoms with van der Waals surface area (Å²) in [6.45, 7) is 2.51. The molecule has 0 radical (unpaired) electrons. The minimum absolute atomic E-state index is 0.0459. The second-order valence-corrected chi connectivity index (χ2v) is 10.2. The third kappa shape index (κ3) is 4.51. The molecule has 0 spiro atoms. The Morgan fingerprint density at radius 1 is 1.33 bits per heavy atom. The van der Waals surface area contributed by atoms with Gasteiger partial charge < -0.3 is 20.8 Å². The van der Waals surface area contributed by atoms with E-state index in [1.165, 1.54) is 26.0 Å². The normalized spacial score (nSPS) is 17.5. The fourth-order valence-corrected chi connectivity index (χ4v) is 5.04. The Morgan fingerprint density at radius 3 is 2.56 bits per heavy atom. The van der Waals surface area contributed by atoms with Crippen LogP contribution in [0.2, 0.25) is 5.02 Å². The Balaban J connectivity index is 2.32. The number of allylic oxidation sites excluding steroid dienone is 1. The van der Waals surface area contributed by atoms with E-state index in [-0.39, 0.29) is 29.8 Å². The number of phenolic OH excluding ortho intramolecular Hbond substituents is 1. The molecule has 1 aromatic carbocycles. The molecule has 7 nitrogen and oxygen atoms in total. The summed E-state index contributed by atoms with van der Waals surface area (Å²) in [6.07, 6.45) is 3.17. The van der Waals surface area contributed by atoms with E-state index in [1.807, 2.05) is 0 Å². The van der Waals surface area contributed by atoms with Gasteiger partial charge in [0.1, 0.15) is 4.90 Å². The van der Waals surface area contributed by atoms with Gasteiger partial charge in [0, 0.05) is 11.6 Å². The summed E-state index contributed by atoms with van der Waals surface area (Å²) in [4.78, 5) is 11.7. The highest BCUT2D eigenvalue weighted by molar-refractivity contribution is 7.93. The number of nitrogens with one attached hydrogen (secondary N) is 2. The zero-order valence-electron chi connectivity index (χ0n) is 14.9. The molecule has 0 bridgehead atoms. The number of benzene rings is 1. The number of rotatable bonds is 6. The molecular weight excluding hydrogens is 415 g/mol. The fraction of sp³-hybridized carbons (Fsp3) is 0.471. The zero-order chi connectivity index (χ0) is 20.4. The van der Waals surface area contributed by atoms with Crippen molar-refractivity contribution in [2.24, 2.45) is 0 Å². The number of carbonyl (C=O) groups excluding carboxylic acids is 1. The number of phenols is 1. The average molecular weight is 437 g/mol. The van der Waals surface area contributed by atoms with E-state index in [2.05, 4.69) is 10.6 Å². The topological polar surface area (TPSA) is 116 Å². The molecule has 2 rings (SSSR count). The lowest BCUT2D eigenvalue weighted by atomic mass is 10.1. The van der Waals surface area contributed by atoms with Crippen LogP contribution in [0.15, 0.2) is 28.1 Å². The lowest BCUT2D eigenvalue weighted by Gasteiger charge is -2.25. The van der Waals surface area contributed by atoms with E-state index < -0.39 is 31.3 Å². The number of hydrogen-bond donors (Lipinski definition) is 4. The van der Waals surface area contributed by atoms with Crippen molar-refractivity contribution < 1.29 is 23.4 Å². The number of aliphatic hydroxyl groups is 1. The van der Waals surface area contributed by atoms with Crippen LogP contribution < -0.4 is 10.6 Å². The largest absolute Gasteiger partial charge is 0.504 e. The number of anilines is 1. The van der Waals surface area contributed by atoms with E-state index in [9.17, 15) is 18.3 Å². The summed E-state index contributed by atoms with van der Waals surface area (Å²) in [5.41, 5.74) is -0.103. The molecule has 0 unspecified atom stereocenters. The number of aromatic hydroxyl groups is 1. The van der Waals surface area contributed by atoms with Crippen LogP contribution in [0.3, 0.4) is 0 Å². The molecule has 0 aromatic heterocycles. The van der Waals surface area contributed by atoms with E-state index >= 15 is 0 Å². The quantitative estimate of drug-likeness (QED) is 0.510. The maximum absolute atomic E-state index is 12.9. The second kappa shape index (κ2) is 8.26. The van der Waals surface area contributed by atoms with Crippen molar-refractivity contribution in [1.29, 1.82) is 0 Å². The third-order valence-corrected chi connectivity index (χ3v) is 7.93. The molecular formula is C17H22Cl2N2O5S. The van der Waals surface area contributed by atoms with Gasteiger partial charge in [-0.25, -0.2) is 13.2 Å². The van der Waals surface area contributed by atoms with Gasteiger partial charge in [0.15, 0.2) is 15.6 Å². The van der Waals surface area contributed by atoms with Crippen LogP contribution in [-0.2, 0) is 9.84 Å². The maximum atomic E-state index is 12.9. The van der Waals surface area contributed by atoms with Gasteiger partial charge in [-0.2, -0.15) is 0 Å². The van der Waals surface area contributed by atoms with Gasteiger partial charge in [0.05, 0.1) is 21.5 Å². The predicted molar refractivity (Wildman–Crippen MR) is 105 cm³/mol. The van der Waals surface area contributed by atoms with Crippen LogP contribution in [0.1, 0.15) is 33.1 Å². The van der Waals surface area contributed by atoms with Crippen LogP contribution in [0.5, 0.6) is 5.75 Å². The highest BCUT2D eigenvalue weighted by atomic mass is 35.5. The highest BCUT2D eigenvalue weighted by Gasteiger charge is 2.39. The van der Waals surface area contributed by atoms with Crippen LogP contribution in [0, 0.1) is 0 Å². The van der Waals surface area contributed by atoms with Crippen molar-refractivity contribution in [1.82, 2.24) is 5.32 Å². The Hall–Kier alpha value is -1.48. The van der Waals surface area contributed by atoms with Crippen molar-refractivity contribution >= 4 is 44.8 Å². The van der Waals surface area contributed by atoms with Crippen LogP contribution in [0.25, 0.3) is 0 Å². The highest BCUT2D eigenvalue weighted by Crippen LogP contribution is 2.42. The number of urea groups is 1. The lowest BCUT2D eigenvalue weighted by Crippen LogP contribution is -2.37. The Kier molecular flexibility index (Phi) is 6.68. The first-order chi connectivity index (χ1) is 12.5. The second-order valence-electron chi connectivity index (χ2n) is 6.83. The Labute approximate surface area is 168 Å². The molecule has 150 valence electrons. The molecule has 1 atom stereocenters. The molecule has 4 N–H and O–H groups in total. The van der Waals surface area contributed by atoms with E-state index in [1.54, 1.807) is 6.08 Å². The van der Waals surface area contributed by atoms with E-state index in [0.717, 1.165) is 6.42 Å². The summed E-state index contributed by atoms with van der Waals surface area (Å²) in [5, 5.41) is 25.1. The number of sulfone groups is 1. The van der Waals surface area contributed by atoms with Gasteiger partial charge in [-0.3, -0.25) is 0 Å². The van der Waals surface area contributed by atoms with E-state index in [0.29, 0.717) is 11.5 Å². The maximum Gasteiger partial charge on any atom is 0.319 e. The average Bonchev–Trinajstić information content (AvgIpc) is 2.95. The lowest BCUT2D eigenvalue weighted by molar-refractivity contribution is 0.250. The fourth-order valence-electron chi connectivity index (χ4n) is 2.71. The van der Waals surface area contributed by atoms with Gasteiger partial charge in [-0.05, 0) is 45.2 Å². The minimum atomic E-state index is -4.10. The SMILES string of the molecule is CC(C)(CCO)S(=O)(=O)c1c(Cl)ccc(NC(=O)N[C@H]2CCC=C2Cl)c1O. The predicted octanol–water partition coefficient (Wildman–Crippen LogP) is 3.39. The van der Waals surface area contributed by atoms with Crippen LogP contribution in [-0.4, -0.2) is 42.1 Å². The molecule has 10 heteroatoms. The standard InChI is InChI=1S/C17H22Cl2N2O5S/c1-17(2,8-9-22)27(25,26)15-11(19)6-7-13(14(15)23)21-16(24)20-12-5-3-4-10(12)18/h4,6-7,12,22-23H,3,5,8-9H2,1-2H3,(H2,20,21,24)/t12-/m0/s1. The summed E-state index contributed by atoms with van der Waals surface area (Å²) in [7, 11) is -4.10. The summed E-state index contributed by atoms with van der Waals surface area (Å²) in [5.74, 6) is -0.656. The number of halogens is 2. The molecule has 0 aliphatic heterocycles. The van der Waals surface area contributed by atoms with Crippen molar-refractivity contribution in [3.05, 3.63) is 28.3 Å². The molecule has 27 heavy (non-hydrogen) atoms. The number of amides is 2. The van der Waals surface area contributed by atoms with Crippen LogP contribution >= 0.6 is 23.2 Å². The molecule has 0 heterocycles. The van der Waals surface area contributed by atoms with Gasteiger partial charge in [-0.1, -0.05) is 29.3 Å². The zero-order valence-corrected chi connectivity index (χ0v) is 17.2. The number of aliphatic hydroxyl groups excluding tert-OH is 1. The van der Waals surface area contributed by atoms with Gasteiger partial charge >= 0.3 is 6.03 Å². The third-order valence-electron chi connectivity index (χ3n) is 4.47. The van der Waals surface area contributed by atoms with Crippen molar-refractivity contribution in [2.75, 3.05) is 11.9 Å². The Morgan fingerprint density at radius 2 is 2.00 bits per heavy atom. The van der Waals surface area contributed by atoms with Crippen molar-refractivity contribution in [3.63, 3.8) is 0 Å². The number of carbonyl (C=O) groups is 1. The van der Waals surface area contributed by atoms with Crippen molar-refractivity contribution in [3.8, 4) is 5.75 Å². The minimum Gasteiger partial charge on any atom is -0.504 e. The molecule has 0 saturated heterocycles. The summed E-state index contributed by atoms with van der Waals surface area (Å²) >= 11 is 12.0. The first-order valence-electron chi connectivity index (χ1n) is 8.31. The molecule has 1 aliphatic carbocycles. The summed E-state index contributed by atoms with van der Waals surface area (Å²) < 4.78 is 24.5.